The first kappa shape index (κ1) is 37.8. The van der Waals surface area contributed by atoms with Gasteiger partial charge in [-0.2, -0.15) is 0 Å². The van der Waals surface area contributed by atoms with Crippen LogP contribution in [0.3, 0.4) is 0 Å². The molecule has 2 N–H and O–H groups in total. The summed E-state index contributed by atoms with van der Waals surface area (Å²) in [7, 11) is -1.04. The molecule has 1 aliphatic rings. The lowest BCUT2D eigenvalue weighted by atomic mass is 9.84. The molecule has 0 saturated carbocycles. The summed E-state index contributed by atoms with van der Waals surface area (Å²) in [5.74, 6) is 0. The van der Waals surface area contributed by atoms with Crippen LogP contribution in [0.25, 0.3) is 22.2 Å². The normalized spacial score (nSPS) is 14.9. The summed E-state index contributed by atoms with van der Waals surface area (Å²) in [6, 6.07) is 30.2. The third-order valence-electron chi connectivity index (χ3n) is 10.4. The fourth-order valence-corrected chi connectivity index (χ4v) is 12.8. The molecule has 0 aliphatic carbocycles. The van der Waals surface area contributed by atoms with Crippen LogP contribution >= 0.6 is 15.9 Å². The minimum Gasteiger partial charge on any atom is -0.465 e. The highest BCUT2D eigenvalue weighted by Crippen LogP contribution is 2.42. The van der Waals surface area contributed by atoms with Gasteiger partial charge < -0.3 is 29.1 Å². The molecule has 3 heterocycles. The number of anilines is 1. The zero-order valence-electron chi connectivity index (χ0n) is 31.4. The summed E-state index contributed by atoms with van der Waals surface area (Å²) in [6.45, 7) is 16.3. The van der Waals surface area contributed by atoms with Crippen molar-refractivity contribution in [1.82, 2.24) is 14.9 Å². The Labute approximate surface area is 317 Å². The van der Waals surface area contributed by atoms with Crippen LogP contribution in [-0.4, -0.2) is 74.3 Å². The van der Waals surface area contributed by atoms with Crippen LogP contribution in [0.4, 0.5) is 10.5 Å². The number of nitrogens with zero attached hydrogens (tertiary/aromatic N) is 3. The number of piperazine rings is 1. The minimum atomic E-state index is -2.76. The molecule has 1 fully saturated rings. The molecule has 1 saturated heterocycles. The number of hydrogen-bond acceptors (Lipinski definition) is 5. The Morgan fingerprint density at radius 3 is 2.12 bits per heavy atom. The summed E-state index contributed by atoms with van der Waals surface area (Å²) in [5.41, 5.74) is 5.81. The molecule has 0 radical (unpaired) electrons. The predicted octanol–water partition coefficient (Wildman–Crippen LogP) is 8.65. The van der Waals surface area contributed by atoms with E-state index in [9.17, 15) is 9.90 Å². The molecule has 10 heteroatoms. The van der Waals surface area contributed by atoms with Crippen LogP contribution in [0.2, 0.25) is 5.04 Å². The van der Waals surface area contributed by atoms with E-state index in [1.54, 1.807) is 7.11 Å². The third-order valence-corrected chi connectivity index (χ3v) is 15.9. The quantitative estimate of drug-likeness (QED) is 0.131. The first-order valence-electron chi connectivity index (χ1n) is 18.0. The molecule has 1 amide bonds. The van der Waals surface area contributed by atoms with Crippen LogP contribution in [0, 0.1) is 5.41 Å². The van der Waals surface area contributed by atoms with E-state index in [2.05, 4.69) is 145 Å². The number of carboxylic acid groups (broad SMARTS) is 1. The number of rotatable bonds is 11. The minimum absolute atomic E-state index is 0.129. The molecule has 52 heavy (non-hydrogen) atoms. The highest BCUT2D eigenvalue weighted by Gasteiger charge is 2.50. The van der Waals surface area contributed by atoms with Gasteiger partial charge in [0.05, 0.1) is 29.4 Å². The van der Waals surface area contributed by atoms with Crippen molar-refractivity contribution < 1.29 is 19.1 Å². The Balaban J connectivity index is 1.42. The van der Waals surface area contributed by atoms with Crippen molar-refractivity contribution in [2.45, 2.75) is 59.1 Å². The van der Waals surface area contributed by atoms with Gasteiger partial charge in [0.15, 0.2) is 0 Å². The van der Waals surface area contributed by atoms with Crippen LogP contribution in [-0.2, 0) is 15.6 Å². The monoisotopic (exact) mass is 782 g/mol. The molecular weight excluding hydrogens is 732 g/mol. The van der Waals surface area contributed by atoms with Gasteiger partial charge in [0.25, 0.3) is 8.32 Å². The second-order valence-corrected chi connectivity index (χ2v) is 20.9. The number of H-pyrrole nitrogens is 1. The van der Waals surface area contributed by atoms with E-state index in [1.807, 2.05) is 13.1 Å². The second kappa shape index (κ2) is 15.2. The van der Waals surface area contributed by atoms with Crippen LogP contribution in [0.5, 0.6) is 0 Å². The molecular formula is C42H51BrN4O4Si. The highest BCUT2D eigenvalue weighted by atomic mass is 79.9. The number of halogens is 1. The van der Waals surface area contributed by atoms with Gasteiger partial charge in [-0.25, -0.2) is 4.79 Å². The van der Waals surface area contributed by atoms with Gasteiger partial charge in [-0.15, -0.1) is 0 Å². The van der Waals surface area contributed by atoms with Crippen molar-refractivity contribution in [1.29, 1.82) is 0 Å². The predicted molar refractivity (Wildman–Crippen MR) is 218 cm³/mol. The maximum absolute atomic E-state index is 11.6. The summed E-state index contributed by atoms with van der Waals surface area (Å²) in [4.78, 5) is 24.1. The molecule has 5 aromatic rings. The number of aromatic nitrogens is 2. The van der Waals surface area contributed by atoms with E-state index >= 15 is 0 Å². The number of methoxy groups -OCH3 is 1. The summed E-state index contributed by atoms with van der Waals surface area (Å²) in [5, 5.41) is 13.1. The molecule has 3 aromatic carbocycles. The number of hydrogen-bond donors (Lipinski definition) is 2. The van der Waals surface area contributed by atoms with E-state index in [4.69, 9.17) is 14.1 Å². The molecule has 0 bridgehead atoms. The molecule has 2 aromatic heterocycles. The zero-order valence-corrected chi connectivity index (χ0v) is 34.0. The Morgan fingerprint density at radius 2 is 1.56 bits per heavy atom. The van der Waals surface area contributed by atoms with Crippen LogP contribution in [0.1, 0.15) is 58.9 Å². The fourth-order valence-electron chi connectivity index (χ4n) is 7.66. The van der Waals surface area contributed by atoms with Crippen molar-refractivity contribution in [2.24, 2.45) is 5.41 Å². The number of amides is 1. The van der Waals surface area contributed by atoms with Crippen molar-refractivity contribution in [3.05, 3.63) is 107 Å². The van der Waals surface area contributed by atoms with Gasteiger partial charge in [0.2, 0.25) is 0 Å². The van der Waals surface area contributed by atoms with Gasteiger partial charge in [-0.1, -0.05) is 111 Å². The lowest BCUT2D eigenvalue weighted by Crippen LogP contribution is -2.67. The smallest absolute Gasteiger partial charge is 0.407 e. The third kappa shape index (κ3) is 7.57. The highest BCUT2D eigenvalue weighted by molar-refractivity contribution is 9.10. The largest absolute Gasteiger partial charge is 0.465 e. The lowest BCUT2D eigenvalue weighted by Gasteiger charge is -2.44. The first-order chi connectivity index (χ1) is 24.7. The van der Waals surface area contributed by atoms with Crippen LogP contribution in [0.15, 0.2) is 95.6 Å². The van der Waals surface area contributed by atoms with E-state index in [0.717, 1.165) is 44.4 Å². The van der Waals surface area contributed by atoms with Gasteiger partial charge in [-0.05, 0) is 64.0 Å². The van der Waals surface area contributed by atoms with Crippen molar-refractivity contribution in [3.63, 3.8) is 0 Å². The Kier molecular flexibility index (Phi) is 11.0. The number of pyridine rings is 1. The Bertz CT molecular complexity index is 1960. The molecule has 1 atom stereocenters. The fraction of sp³-hybridized carbons (Fsp3) is 0.381. The maximum atomic E-state index is 11.6. The maximum Gasteiger partial charge on any atom is 0.407 e. The molecule has 8 nitrogen and oxygen atoms in total. The van der Waals surface area contributed by atoms with E-state index < -0.39 is 14.4 Å². The van der Waals surface area contributed by atoms with Gasteiger partial charge in [0, 0.05) is 60.8 Å². The standard InChI is InChI=1S/C42H51BrN4O4Si/c1-29(50-7)38-35(25-31(27-44-38)46-20-22-47(23-21-46)40(48)49)39-36(34-24-30(43)18-19-37(34)45-39)26-42(5,6)28-51-52(41(2,3)4,32-14-10-8-11-15-32)33-16-12-9-13-17-33/h8-19,24-25,27,29,45H,20-23,26,28H2,1-7H3,(H,48,49). The van der Waals surface area contributed by atoms with Crippen molar-refractivity contribution >= 4 is 57.3 Å². The lowest BCUT2D eigenvalue weighted by molar-refractivity contribution is 0.116. The Morgan fingerprint density at radius 1 is 0.942 bits per heavy atom. The number of aromatic amines is 1. The van der Waals surface area contributed by atoms with E-state index in [1.165, 1.54) is 20.8 Å². The number of benzene rings is 3. The first-order valence-corrected chi connectivity index (χ1v) is 20.8. The molecule has 6 rings (SSSR count). The van der Waals surface area contributed by atoms with Crippen LogP contribution < -0.4 is 15.3 Å². The van der Waals surface area contributed by atoms with E-state index in [-0.39, 0.29) is 16.6 Å². The summed E-state index contributed by atoms with van der Waals surface area (Å²) in [6.07, 6.45) is 1.52. The summed E-state index contributed by atoms with van der Waals surface area (Å²) < 4.78 is 14.4. The van der Waals surface area contributed by atoms with Gasteiger partial charge in [0.1, 0.15) is 0 Å². The molecule has 1 unspecified atom stereocenters. The zero-order chi connectivity index (χ0) is 37.3. The average molecular weight is 784 g/mol. The van der Waals surface area contributed by atoms with Crippen molar-refractivity contribution in [2.75, 3.05) is 44.8 Å². The molecule has 0 spiro atoms. The average Bonchev–Trinajstić information content (AvgIpc) is 3.47. The number of nitrogens with one attached hydrogen (secondary N) is 1. The number of fused-ring (bicyclic) bond motifs is 1. The number of carbonyl (C=O) groups is 1. The summed E-state index contributed by atoms with van der Waals surface area (Å²) >= 11 is 3.75. The number of ether oxygens (including phenoxy) is 1. The molecule has 274 valence electrons. The second-order valence-electron chi connectivity index (χ2n) is 15.7. The van der Waals surface area contributed by atoms with Gasteiger partial charge in [-0.3, -0.25) is 4.98 Å². The van der Waals surface area contributed by atoms with E-state index in [0.29, 0.717) is 32.8 Å². The topological polar surface area (TPSA) is 90.9 Å². The Hall–Kier alpha value is -3.96. The SMILES string of the molecule is COC(C)c1ncc(N2CCN(C(=O)O)CC2)cc1-c1[nH]c2ccc(Br)cc2c1CC(C)(C)CO[Si](c1ccccc1)(c1ccccc1)C(C)(C)C. The molecule has 1 aliphatic heterocycles. The van der Waals surface area contributed by atoms with Crippen molar-refractivity contribution in [3.8, 4) is 11.3 Å². The van der Waals surface area contributed by atoms with Gasteiger partial charge >= 0.3 is 6.09 Å².